The molecule has 140 valence electrons. The maximum atomic E-state index is 13.9. The molecule has 7 nitrogen and oxygen atoms in total. The number of hydrogen-bond donors (Lipinski definition) is 0. The number of sulfonamides is 1. The second-order valence-corrected chi connectivity index (χ2v) is 8.72. The Kier molecular flexibility index (Phi) is 4.54. The molecule has 1 aliphatic heterocycles. The third-order valence-corrected chi connectivity index (χ3v) is 6.96. The standard InChI is InChI=1S/C17H21FN4O3S/c1-12(17-19-16(20-25-17)13-6-7-13)21-8-10-22(11-9-21)26(23,24)15-5-3-2-4-14(15)18/h2-5,12-13H,6-11H2,1H3. The lowest BCUT2D eigenvalue weighted by molar-refractivity contribution is 0.124. The highest BCUT2D eigenvalue weighted by Gasteiger charge is 2.34. The third-order valence-electron chi connectivity index (χ3n) is 5.03. The summed E-state index contributed by atoms with van der Waals surface area (Å²) in [6.45, 7) is 3.62. The van der Waals surface area contributed by atoms with E-state index in [-0.39, 0.29) is 10.9 Å². The first kappa shape index (κ1) is 17.6. The van der Waals surface area contributed by atoms with Gasteiger partial charge in [-0.05, 0) is 31.9 Å². The molecule has 26 heavy (non-hydrogen) atoms. The molecule has 0 radical (unpaired) electrons. The van der Waals surface area contributed by atoms with Crippen molar-refractivity contribution in [2.24, 2.45) is 0 Å². The zero-order valence-corrected chi connectivity index (χ0v) is 15.3. The van der Waals surface area contributed by atoms with Crippen molar-refractivity contribution in [3.63, 3.8) is 0 Å². The number of piperazine rings is 1. The van der Waals surface area contributed by atoms with Gasteiger partial charge in [0, 0.05) is 32.1 Å². The van der Waals surface area contributed by atoms with Crippen molar-refractivity contribution in [1.82, 2.24) is 19.3 Å². The lowest BCUT2D eigenvalue weighted by Gasteiger charge is -2.36. The van der Waals surface area contributed by atoms with Gasteiger partial charge < -0.3 is 4.52 Å². The summed E-state index contributed by atoms with van der Waals surface area (Å²) in [7, 11) is -3.83. The van der Waals surface area contributed by atoms with Crippen molar-refractivity contribution in [1.29, 1.82) is 0 Å². The summed E-state index contributed by atoms with van der Waals surface area (Å²) < 4.78 is 45.9. The molecule has 2 heterocycles. The van der Waals surface area contributed by atoms with Crippen LogP contribution in [0, 0.1) is 5.82 Å². The number of benzene rings is 1. The van der Waals surface area contributed by atoms with E-state index in [1.54, 1.807) is 0 Å². The van der Waals surface area contributed by atoms with E-state index in [9.17, 15) is 12.8 Å². The Hall–Kier alpha value is -1.84. The molecule has 0 amide bonds. The molecule has 1 atom stereocenters. The molecule has 0 spiro atoms. The molecule has 2 aromatic rings. The summed E-state index contributed by atoms with van der Waals surface area (Å²) in [5.41, 5.74) is 0. The minimum absolute atomic E-state index is 0.0756. The van der Waals surface area contributed by atoms with Gasteiger partial charge in [0.15, 0.2) is 5.82 Å². The van der Waals surface area contributed by atoms with Gasteiger partial charge in [0.2, 0.25) is 15.9 Å². The molecule has 1 aromatic heterocycles. The van der Waals surface area contributed by atoms with Gasteiger partial charge in [-0.2, -0.15) is 9.29 Å². The first-order valence-corrected chi connectivity index (χ1v) is 10.2. The number of aromatic nitrogens is 2. The van der Waals surface area contributed by atoms with E-state index in [2.05, 4.69) is 15.0 Å². The largest absolute Gasteiger partial charge is 0.338 e. The Labute approximate surface area is 151 Å². The quantitative estimate of drug-likeness (QED) is 0.791. The number of hydrogen-bond acceptors (Lipinski definition) is 6. The van der Waals surface area contributed by atoms with Crippen LogP contribution in [0.1, 0.15) is 43.4 Å². The van der Waals surface area contributed by atoms with E-state index in [0.29, 0.717) is 38.0 Å². The summed E-state index contributed by atoms with van der Waals surface area (Å²) in [6, 6.07) is 5.40. The van der Waals surface area contributed by atoms with Crippen molar-refractivity contribution < 1.29 is 17.3 Å². The van der Waals surface area contributed by atoms with Crippen molar-refractivity contribution >= 4 is 10.0 Å². The minimum Gasteiger partial charge on any atom is -0.338 e. The molecule has 9 heteroatoms. The Morgan fingerprint density at radius 3 is 2.54 bits per heavy atom. The van der Waals surface area contributed by atoms with Gasteiger partial charge in [-0.3, -0.25) is 4.90 Å². The predicted molar refractivity (Wildman–Crippen MR) is 91.4 cm³/mol. The zero-order valence-electron chi connectivity index (χ0n) is 14.5. The highest BCUT2D eigenvalue weighted by Crippen LogP contribution is 2.38. The van der Waals surface area contributed by atoms with Crippen LogP contribution in [-0.4, -0.2) is 53.9 Å². The van der Waals surface area contributed by atoms with Crippen LogP contribution >= 0.6 is 0 Å². The maximum Gasteiger partial charge on any atom is 0.246 e. The smallest absolute Gasteiger partial charge is 0.246 e. The second-order valence-electron chi connectivity index (χ2n) is 6.81. The molecule has 2 aliphatic rings. The Balaban J connectivity index is 1.42. The van der Waals surface area contributed by atoms with E-state index in [1.165, 1.54) is 22.5 Å². The van der Waals surface area contributed by atoms with Gasteiger partial charge in [-0.15, -0.1) is 0 Å². The van der Waals surface area contributed by atoms with Gasteiger partial charge in [0.25, 0.3) is 0 Å². The summed E-state index contributed by atoms with van der Waals surface area (Å²) in [5.74, 6) is 1.05. The van der Waals surface area contributed by atoms with E-state index in [0.717, 1.165) is 24.7 Å². The Morgan fingerprint density at radius 2 is 1.88 bits per heavy atom. The van der Waals surface area contributed by atoms with Gasteiger partial charge in [0.05, 0.1) is 6.04 Å². The van der Waals surface area contributed by atoms with Crippen molar-refractivity contribution in [3.8, 4) is 0 Å². The minimum atomic E-state index is -3.83. The topological polar surface area (TPSA) is 79.5 Å². The van der Waals surface area contributed by atoms with Crippen LogP contribution in [0.2, 0.25) is 0 Å². The summed E-state index contributed by atoms with van der Waals surface area (Å²) in [4.78, 5) is 6.31. The van der Waals surface area contributed by atoms with Crippen LogP contribution < -0.4 is 0 Å². The molecule has 1 unspecified atom stereocenters. The van der Waals surface area contributed by atoms with Crippen LogP contribution in [0.4, 0.5) is 4.39 Å². The molecule has 4 rings (SSSR count). The average Bonchev–Trinajstić information content (AvgIpc) is 3.38. The number of rotatable bonds is 5. The summed E-state index contributed by atoms with van der Waals surface area (Å²) in [5, 5.41) is 4.04. The van der Waals surface area contributed by atoms with E-state index in [1.807, 2.05) is 6.92 Å². The molecule has 1 aromatic carbocycles. The van der Waals surface area contributed by atoms with E-state index >= 15 is 0 Å². The van der Waals surface area contributed by atoms with Gasteiger partial charge >= 0.3 is 0 Å². The molecule has 2 fully saturated rings. The number of nitrogens with zero attached hydrogens (tertiary/aromatic N) is 4. The van der Waals surface area contributed by atoms with Gasteiger partial charge in [0.1, 0.15) is 10.7 Å². The molecular formula is C17H21FN4O3S. The Bertz CT molecular complexity index is 889. The normalized spacial score (nSPS) is 21.0. The fourth-order valence-electron chi connectivity index (χ4n) is 3.20. The van der Waals surface area contributed by atoms with Crippen LogP contribution in [0.5, 0.6) is 0 Å². The van der Waals surface area contributed by atoms with Crippen LogP contribution in [0.3, 0.4) is 0 Å². The van der Waals surface area contributed by atoms with Gasteiger partial charge in [-0.25, -0.2) is 12.8 Å². The first-order valence-electron chi connectivity index (χ1n) is 8.79. The van der Waals surface area contributed by atoms with E-state index < -0.39 is 15.8 Å². The van der Waals surface area contributed by atoms with Crippen molar-refractivity contribution in [3.05, 3.63) is 41.8 Å². The van der Waals surface area contributed by atoms with Crippen molar-refractivity contribution in [2.75, 3.05) is 26.2 Å². The van der Waals surface area contributed by atoms with Crippen LogP contribution in [-0.2, 0) is 10.0 Å². The molecule has 1 aliphatic carbocycles. The highest BCUT2D eigenvalue weighted by molar-refractivity contribution is 7.89. The molecular weight excluding hydrogens is 359 g/mol. The van der Waals surface area contributed by atoms with Crippen molar-refractivity contribution in [2.45, 2.75) is 36.6 Å². The SMILES string of the molecule is CC(c1nc(C2CC2)no1)N1CCN(S(=O)(=O)c2ccccc2F)CC1. The first-order chi connectivity index (χ1) is 12.5. The molecule has 1 saturated carbocycles. The lowest BCUT2D eigenvalue weighted by Crippen LogP contribution is -2.49. The van der Waals surface area contributed by atoms with Gasteiger partial charge in [-0.1, -0.05) is 17.3 Å². The number of halogens is 1. The summed E-state index contributed by atoms with van der Waals surface area (Å²) >= 11 is 0. The average molecular weight is 380 g/mol. The van der Waals surface area contributed by atoms with E-state index in [4.69, 9.17) is 4.52 Å². The highest BCUT2D eigenvalue weighted by atomic mass is 32.2. The molecule has 0 bridgehead atoms. The maximum absolute atomic E-state index is 13.9. The second kappa shape index (κ2) is 6.71. The molecule has 1 saturated heterocycles. The predicted octanol–water partition coefficient (Wildman–Crippen LogP) is 2.15. The monoisotopic (exact) mass is 380 g/mol. The third kappa shape index (κ3) is 3.26. The fraction of sp³-hybridized carbons (Fsp3) is 0.529. The van der Waals surface area contributed by atoms with Crippen LogP contribution in [0.25, 0.3) is 0 Å². The molecule has 0 N–H and O–H groups in total. The zero-order chi connectivity index (χ0) is 18.3. The summed E-state index contributed by atoms with van der Waals surface area (Å²) in [6.07, 6.45) is 2.22. The van der Waals surface area contributed by atoms with Crippen LogP contribution in [0.15, 0.2) is 33.7 Å². The lowest BCUT2D eigenvalue weighted by atomic mass is 10.2. The fourth-order valence-corrected chi connectivity index (χ4v) is 4.69. The Morgan fingerprint density at radius 1 is 1.19 bits per heavy atom.